The lowest BCUT2D eigenvalue weighted by atomic mass is 9.98. The van der Waals surface area contributed by atoms with Gasteiger partial charge in [0.1, 0.15) is 0 Å². The van der Waals surface area contributed by atoms with E-state index in [0.717, 1.165) is 33.2 Å². The Morgan fingerprint density at radius 1 is 0.786 bits per heavy atom. The highest BCUT2D eigenvalue weighted by Gasteiger charge is 2.26. The van der Waals surface area contributed by atoms with Crippen LogP contribution >= 0.6 is 0 Å². The molecule has 5 rings (SSSR count). The smallest absolute Gasteiger partial charge is 0.314 e. The van der Waals surface area contributed by atoms with Gasteiger partial charge in [0.05, 0.1) is 11.2 Å². The Hall–Kier alpha value is -4.13. The van der Waals surface area contributed by atoms with E-state index in [1.165, 1.54) is 0 Å². The highest BCUT2D eigenvalue weighted by atomic mass is 16.2. The summed E-state index contributed by atoms with van der Waals surface area (Å²) in [5, 5.41) is 7.21. The number of nitrogens with one attached hydrogen (secondary N) is 1. The molecule has 0 saturated carbocycles. The normalized spacial score (nSPS) is 13.0. The van der Waals surface area contributed by atoms with Crippen LogP contribution in [0.5, 0.6) is 0 Å². The topological polar surface area (TPSA) is 98.9 Å². The minimum absolute atomic E-state index is 0.216. The van der Waals surface area contributed by atoms with Gasteiger partial charge in [-0.2, -0.15) is 5.32 Å². The van der Waals surface area contributed by atoms with Gasteiger partial charge in [-0.1, -0.05) is 6.07 Å². The SMILES string of the molecule is O=C1[N]c2ncc(-c3ccc4nccc(-c5ccncc5)c4c3)cc2NC1=O. The molecule has 0 fully saturated rings. The maximum Gasteiger partial charge on any atom is 0.337 e. The van der Waals surface area contributed by atoms with Crippen molar-refractivity contribution in [1.29, 1.82) is 0 Å². The van der Waals surface area contributed by atoms with Crippen molar-refractivity contribution in [3.8, 4) is 22.3 Å². The number of amides is 2. The summed E-state index contributed by atoms with van der Waals surface area (Å²) >= 11 is 0. The molecule has 7 nitrogen and oxygen atoms in total. The van der Waals surface area contributed by atoms with Crippen LogP contribution in [-0.2, 0) is 9.59 Å². The minimum Gasteiger partial charge on any atom is -0.314 e. The zero-order chi connectivity index (χ0) is 19.1. The first-order valence-electron chi connectivity index (χ1n) is 8.56. The summed E-state index contributed by atoms with van der Waals surface area (Å²) in [6.07, 6.45) is 6.93. The van der Waals surface area contributed by atoms with Crippen molar-refractivity contribution >= 4 is 34.2 Å². The molecule has 133 valence electrons. The second kappa shape index (κ2) is 6.24. The van der Waals surface area contributed by atoms with Crippen LogP contribution in [0.4, 0.5) is 11.5 Å². The molecule has 1 aliphatic rings. The molecule has 0 bridgehead atoms. The molecular weight excluding hydrogens is 354 g/mol. The standard InChI is InChI=1S/C21H12N5O2/c27-20-21(28)26-19-18(25-20)10-14(11-24-19)13-1-2-17-16(9-13)15(5-8-23-17)12-3-6-22-7-4-12/h1-11H,(H,25,27). The molecule has 1 radical (unpaired) electrons. The first-order valence-corrected chi connectivity index (χ1v) is 8.56. The monoisotopic (exact) mass is 366 g/mol. The molecule has 0 atom stereocenters. The summed E-state index contributed by atoms with van der Waals surface area (Å²) in [4.78, 5) is 35.7. The summed E-state index contributed by atoms with van der Waals surface area (Å²) in [7, 11) is 0. The Kier molecular flexibility index (Phi) is 3.58. The van der Waals surface area contributed by atoms with Crippen LogP contribution in [-0.4, -0.2) is 26.8 Å². The largest absolute Gasteiger partial charge is 0.337 e. The van der Waals surface area contributed by atoms with Crippen molar-refractivity contribution in [2.45, 2.75) is 0 Å². The number of carbonyl (C=O) groups is 2. The first-order chi connectivity index (χ1) is 13.7. The first kappa shape index (κ1) is 16.1. The molecule has 7 heteroatoms. The van der Waals surface area contributed by atoms with E-state index in [-0.39, 0.29) is 5.82 Å². The maximum absolute atomic E-state index is 11.6. The zero-order valence-electron chi connectivity index (χ0n) is 14.5. The van der Waals surface area contributed by atoms with Crippen LogP contribution in [0.1, 0.15) is 0 Å². The van der Waals surface area contributed by atoms with E-state index in [2.05, 4.69) is 25.6 Å². The molecule has 0 unspecified atom stereocenters. The van der Waals surface area contributed by atoms with Crippen LogP contribution < -0.4 is 10.6 Å². The fraction of sp³-hybridized carbons (Fsp3) is 0. The lowest BCUT2D eigenvalue weighted by molar-refractivity contribution is -0.136. The molecule has 28 heavy (non-hydrogen) atoms. The fourth-order valence-electron chi connectivity index (χ4n) is 3.23. The number of hydrogen-bond acceptors (Lipinski definition) is 5. The van der Waals surface area contributed by atoms with E-state index >= 15 is 0 Å². The van der Waals surface area contributed by atoms with Crippen molar-refractivity contribution < 1.29 is 9.59 Å². The Balaban J connectivity index is 1.64. The average molecular weight is 366 g/mol. The number of anilines is 1. The van der Waals surface area contributed by atoms with Crippen molar-refractivity contribution in [3.05, 3.63) is 67.3 Å². The highest BCUT2D eigenvalue weighted by molar-refractivity contribution is 6.42. The van der Waals surface area contributed by atoms with E-state index < -0.39 is 11.8 Å². The molecule has 1 aliphatic heterocycles. The van der Waals surface area contributed by atoms with Crippen LogP contribution in [0.2, 0.25) is 0 Å². The minimum atomic E-state index is -0.841. The summed E-state index contributed by atoms with van der Waals surface area (Å²) in [6, 6.07) is 13.6. The molecule has 2 amide bonds. The number of pyridine rings is 3. The number of hydrogen-bond donors (Lipinski definition) is 1. The van der Waals surface area contributed by atoms with Crippen molar-refractivity contribution in [2.75, 3.05) is 5.32 Å². The Morgan fingerprint density at radius 3 is 2.50 bits per heavy atom. The quantitative estimate of drug-likeness (QED) is 0.550. The summed E-state index contributed by atoms with van der Waals surface area (Å²) in [6.45, 7) is 0. The van der Waals surface area contributed by atoms with Gasteiger partial charge in [0.25, 0.3) is 0 Å². The zero-order valence-corrected chi connectivity index (χ0v) is 14.5. The van der Waals surface area contributed by atoms with Gasteiger partial charge in [-0.25, -0.2) is 4.98 Å². The van der Waals surface area contributed by atoms with E-state index in [0.29, 0.717) is 5.69 Å². The number of rotatable bonds is 2. The Bertz CT molecular complexity index is 1250. The van der Waals surface area contributed by atoms with Crippen LogP contribution in [0, 0.1) is 0 Å². The van der Waals surface area contributed by atoms with E-state index in [4.69, 9.17) is 0 Å². The second-order valence-electron chi connectivity index (χ2n) is 6.29. The van der Waals surface area contributed by atoms with Gasteiger partial charge in [-0.05, 0) is 53.1 Å². The number of carbonyl (C=O) groups excluding carboxylic acids is 2. The number of aromatic nitrogens is 3. The van der Waals surface area contributed by atoms with Crippen molar-refractivity contribution in [1.82, 2.24) is 20.3 Å². The predicted molar refractivity (Wildman–Crippen MR) is 104 cm³/mol. The van der Waals surface area contributed by atoms with Gasteiger partial charge >= 0.3 is 11.8 Å². The number of nitrogens with zero attached hydrogens (tertiary/aromatic N) is 4. The Labute approximate surface area is 159 Å². The van der Waals surface area contributed by atoms with Crippen LogP contribution in [0.15, 0.2) is 67.3 Å². The molecule has 1 aromatic carbocycles. The van der Waals surface area contributed by atoms with E-state index in [1.54, 1.807) is 30.9 Å². The summed E-state index contributed by atoms with van der Waals surface area (Å²) < 4.78 is 0. The van der Waals surface area contributed by atoms with Gasteiger partial charge in [0.2, 0.25) is 0 Å². The highest BCUT2D eigenvalue weighted by Crippen LogP contribution is 2.33. The molecule has 0 saturated heterocycles. The molecule has 4 heterocycles. The van der Waals surface area contributed by atoms with Gasteiger partial charge in [-0.3, -0.25) is 19.6 Å². The van der Waals surface area contributed by atoms with Gasteiger partial charge in [0, 0.05) is 35.7 Å². The molecule has 1 N–H and O–H groups in total. The van der Waals surface area contributed by atoms with E-state index in [1.807, 2.05) is 36.4 Å². The molecular formula is C21H12N5O2. The summed E-state index contributed by atoms with van der Waals surface area (Å²) in [5.74, 6) is -1.38. The third-order valence-electron chi connectivity index (χ3n) is 4.58. The molecule has 4 aromatic rings. The lowest BCUT2D eigenvalue weighted by Gasteiger charge is -2.15. The molecule has 3 aromatic heterocycles. The van der Waals surface area contributed by atoms with E-state index in [9.17, 15) is 9.59 Å². The van der Waals surface area contributed by atoms with Gasteiger partial charge in [-0.15, -0.1) is 0 Å². The van der Waals surface area contributed by atoms with Crippen molar-refractivity contribution in [2.24, 2.45) is 0 Å². The van der Waals surface area contributed by atoms with Gasteiger partial charge < -0.3 is 5.32 Å². The fourth-order valence-corrected chi connectivity index (χ4v) is 3.23. The number of fused-ring (bicyclic) bond motifs is 2. The molecule has 0 aliphatic carbocycles. The second-order valence-corrected chi connectivity index (χ2v) is 6.29. The van der Waals surface area contributed by atoms with Crippen LogP contribution in [0.3, 0.4) is 0 Å². The Morgan fingerprint density at radius 2 is 1.64 bits per heavy atom. The number of benzene rings is 1. The summed E-state index contributed by atoms with van der Waals surface area (Å²) in [5.41, 5.74) is 5.11. The molecule has 0 spiro atoms. The van der Waals surface area contributed by atoms with Gasteiger partial charge in [0.15, 0.2) is 5.82 Å². The van der Waals surface area contributed by atoms with Crippen LogP contribution in [0.25, 0.3) is 33.2 Å². The lowest BCUT2D eigenvalue weighted by Crippen LogP contribution is -2.33. The third-order valence-corrected chi connectivity index (χ3v) is 4.58. The predicted octanol–water partition coefficient (Wildman–Crippen LogP) is 3.07. The average Bonchev–Trinajstić information content (AvgIpc) is 2.74. The van der Waals surface area contributed by atoms with Crippen molar-refractivity contribution in [3.63, 3.8) is 0 Å². The third kappa shape index (κ3) is 2.66. The maximum atomic E-state index is 11.6.